The number of hydrogen-bond acceptors (Lipinski definition) is 6. The van der Waals surface area contributed by atoms with Gasteiger partial charge in [0.15, 0.2) is 6.10 Å². The Labute approximate surface area is 269 Å². The molecule has 2 aromatic carbocycles. The van der Waals surface area contributed by atoms with Gasteiger partial charge in [-0.15, -0.1) is 0 Å². The largest absolute Gasteiger partial charge is 0.461 e. The van der Waals surface area contributed by atoms with E-state index in [9.17, 15) is 22.8 Å². The number of alkyl halides is 3. The first kappa shape index (κ1) is 34.9. The number of esters is 1. The summed E-state index contributed by atoms with van der Waals surface area (Å²) in [5.41, 5.74) is 4.30. The van der Waals surface area contributed by atoms with Crippen LogP contribution >= 0.6 is 0 Å². The Balaban J connectivity index is 1.80. The van der Waals surface area contributed by atoms with Crippen LogP contribution in [0.5, 0.6) is 0 Å². The minimum atomic E-state index is -4.28. The van der Waals surface area contributed by atoms with Gasteiger partial charge >= 0.3 is 12.1 Å². The van der Waals surface area contributed by atoms with E-state index < -0.39 is 35.9 Å². The van der Waals surface area contributed by atoms with Gasteiger partial charge < -0.3 is 19.7 Å². The van der Waals surface area contributed by atoms with Crippen molar-refractivity contribution in [1.29, 1.82) is 0 Å². The topological polar surface area (TPSA) is 80.8 Å². The van der Waals surface area contributed by atoms with Crippen LogP contribution in [0.25, 0.3) is 11.1 Å². The number of halogens is 3. The number of piperidine rings is 1. The fourth-order valence-corrected chi connectivity index (χ4v) is 5.80. The molecule has 4 rings (SSSR count). The second-order valence-electron chi connectivity index (χ2n) is 13.1. The summed E-state index contributed by atoms with van der Waals surface area (Å²) in [4.78, 5) is 33.3. The molecule has 1 unspecified atom stereocenters. The number of carbonyl (C=O) groups is 2. The highest BCUT2D eigenvalue weighted by Gasteiger charge is 2.43. The lowest BCUT2D eigenvalue weighted by Gasteiger charge is -2.39. The van der Waals surface area contributed by atoms with Crippen molar-refractivity contribution in [1.82, 2.24) is 10.3 Å². The van der Waals surface area contributed by atoms with E-state index >= 15 is 0 Å². The number of aryl methyl sites for hydroxylation is 2. The third kappa shape index (κ3) is 8.66. The highest BCUT2D eigenvalue weighted by atomic mass is 19.4. The number of pyridine rings is 1. The van der Waals surface area contributed by atoms with Crippen LogP contribution in [0.1, 0.15) is 86.4 Å². The van der Waals surface area contributed by atoms with E-state index in [-0.39, 0.29) is 31.8 Å². The van der Waals surface area contributed by atoms with E-state index in [2.05, 4.69) is 5.32 Å². The molecule has 7 nitrogen and oxygen atoms in total. The fraction of sp³-hybridized carbons (Fsp3) is 0.472. The van der Waals surface area contributed by atoms with Gasteiger partial charge in [-0.1, -0.05) is 42.5 Å². The van der Waals surface area contributed by atoms with Crippen molar-refractivity contribution in [3.8, 4) is 11.1 Å². The molecule has 46 heavy (non-hydrogen) atoms. The normalized spacial score (nSPS) is 15.2. The number of nitrogens with zero attached hydrogens (tertiary/aromatic N) is 2. The summed E-state index contributed by atoms with van der Waals surface area (Å²) in [5.74, 6) is -2.23. The van der Waals surface area contributed by atoms with Crippen molar-refractivity contribution in [2.24, 2.45) is 5.92 Å². The Hall–Kier alpha value is -3.92. The molecule has 0 saturated carbocycles. The molecule has 248 valence electrons. The third-order valence-corrected chi connectivity index (χ3v) is 7.88. The van der Waals surface area contributed by atoms with Crippen LogP contribution in [-0.2, 0) is 20.8 Å². The van der Waals surface area contributed by atoms with Gasteiger partial charge in [-0.2, -0.15) is 13.2 Å². The molecule has 0 radical (unpaired) electrons. The monoisotopic (exact) mass is 639 g/mol. The van der Waals surface area contributed by atoms with Crippen molar-refractivity contribution in [2.75, 3.05) is 18.0 Å². The average Bonchev–Trinajstić information content (AvgIpc) is 2.98. The Kier molecular flexibility index (Phi) is 10.8. The van der Waals surface area contributed by atoms with Crippen LogP contribution in [0, 0.1) is 19.8 Å². The van der Waals surface area contributed by atoms with Crippen molar-refractivity contribution in [3.05, 3.63) is 82.7 Å². The summed E-state index contributed by atoms with van der Waals surface area (Å²) < 4.78 is 53.0. The van der Waals surface area contributed by atoms with Gasteiger partial charge in [0.2, 0.25) is 0 Å². The number of amides is 1. The molecule has 1 atom stereocenters. The molecular formula is C36H44F3N3O4. The molecule has 1 aliphatic heterocycles. The summed E-state index contributed by atoms with van der Waals surface area (Å²) in [6, 6.07) is 16.6. The van der Waals surface area contributed by atoms with E-state index in [0.29, 0.717) is 45.9 Å². The van der Waals surface area contributed by atoms with E-state index in [4.69, 9.17) is 14.5 Å². The number of aromatic nitrogens is 1. The van der Waals surface area contributed by atoms with Crippen molar-refractivity contribution < 1.29 is 32.2 Å². The van der Waals surface area contributed by atoms with Gasteiger partial charge in [0.25, 0.3) is 5.91 Å². The minimum Gasteiger partial charge on any atom is -0.461 e. The first-order valence-corrected chi connectivity index (χ1v) is 15.7. The average molecular weight is 640 g/mol. The van der Waals surface area contributed by atoms with Gasteiger partial charge in [0.05, 0.1) is 23.3 Å². The van der Waals surface area contributed by atoms with Gasteiger partial charge in [0, 0.05) is 47.7 Å². The Morgan fingerprint density at radius 1 is 0.957 bits per heavy atom. The highest BCUT2D eigenvalue weighted by molar-refractivity contribution is 5.95. The van der Waals surface area contributed by atoms with E-state index in [0.717, 1.165) is 5.56 Å². The van der Waals surface area contributed by atoms with Crippen molar-refractivity contribution in [3.63, 3.8) is 0 Å². The van der Waals surface area contributed by atoms with Crippen LogP contribution < -0.4 is 10.2 Å². The number of ether oxygens (including phenoxy) is 2. The maximum Gasteiger partial charge on any atom is 0.391 e. The molecule has 10 heteroatoms. The highest BCUT2D eigenvalue weighted by Crippen LogP contribution is 2.45. The van der Waals surface area contributed by atoms with E-state index in [1.54, 1.807) is 45.0 Å². The first-order chi connectivity index (χ1) is 21.5. The molecule has 1 fully saturated rings. The zero-order valence-electron chi connectivity index (χ0n) is 27.6. The van der Waals surface area contributed by atoms with Crippen LogP contribution in [0.4, 0.5) is 18.9 Å². The molecule has 1 aliphatic rings. The number of nitrogens with one attached hydrogen (secondary N) is 1. The Bertz CT molecular complexity index is 1510. The molecule has 1 aromatic heterocycles. The van der Waals surface area contributed by atoms with Crippen LogP contribution in [0.2, 0.25) is 0 Å². The van der Waals surface area contributed by atoms with E-state index in [1.165, 1.54) is 0 Å². The van der Waals surface area contributed by atoms with Gasteiger partial charge in [-0.05, 0) is 84.6 Å². The summed E-state index contributed by atoms with van der Waals surface area (Å²) in [6.45, 7) is 13.2. The maximum absolute atomic E-state index is 13.7. The van der Waals surface area contributed by atoms with Crippen LogP contribution in [0.15, 0.2) is 54.6 Å². The van der Waals surface area contributed by atoms with Gasteiger partial charge in [-0.25, -0.2) is 4.79 Å². The summed E-state index contributed by atoms with van der Waals surface area (Å²) >= 11 is 0. The fourth-order valence-electron chi connectivity index (χ4n) is 5.80. The van der Waals surface area contributed by atoms with E-state index in [1.807, 2.05) is 62.9 Å². The zero-order chi connectivity index (χ0) is 33.8. The zero-order valence-corrected chi connectivity index (χ0v) is 27.6. The second kappa shape index (κ2) is 14.2. The molecule has 0 bridgehead atoms. The number of rotatable bonds is 9. The van der Waals surface area contributed by atoms with Crippen LogP contribution in [0.3, 0.4) is 0 Å². The number of carbonyl (C=O) groups excluding carboxylic acids is 2. The molecule has 0 aliphatic carbocycles. The smallest absolute Gasteiger partial charge is 0.391 e. The standard InChI is InChI=1S/C36H44F3N3O4/c1-22(2)45-34(44)32(46-35(5,6)7)30-24(4)41-23(3)29(31(30)42-19-17-28(18-20-42)36(37,38)39)26-13-15-27(16-14-26)33(43)40-21-25-11-9-8-10-12-25/h8-16,22,28,32H,17-21H2,1-7H3,(H,40,43). The predicted octanol–water partition coefficient (Wildman–Crippen LogP) is 7.88. The quantitative estimate of drug-likeness (QED) is 0.240. The summed E-state index contributed by atoms with van der Waals surface area (Å²) in [7, 11) is 0. The second-order valence-corrected chi connectivity index (χ2v) is 13.1. The summed E-state index contributed by atoms with van der Waals surface area (Å²) in [6.07, 6.45) is -6.02. The number of hydrogen-bond donors (Lipinski definition) is 1. The Morgan fingerprint density at radius 3 is 2.11 bits per heavy atom. The maximum atomic E-state index is 13.7. The third-order valence-electron chi connectivity index (χ3n) is 7.88. The lowest BCUT2D eigenvalue weighted by molar-refractivity contribution is -0.179. The molecule has 1 N–H and O–H groups in total. The lowest BCUT2D eigenvalue weighted by atomic mass is 9.90. The molecule has 2 heterocycles. The minimum absolute atomic E-state index is 0.0788. The predicted molar refractivity (Wildman–Crippen MR) is 173 cm³/mol. The Morgan fingerprint density at radius 2 is 1.57 bits per heavy atom. The van der Waals surface area contributed by atoms with Crippen molar-refractivity contribution >= 4 is 17.6 Å². The summed E-state index contributed by atoms with van der Waals surface area (Å²) in [5, 5.41) is 2.93. The SMILES string of the molecule is Cc1nc(C)c(C(OC(C)(C)C)C(=O)OC(C)C)c(N2CCC(C(F)(F)F)CC2)c1-c1ccc(C(=O)NCc2ccccc2)cc1. The number of benzene rings is 2. The number of anilines is 1. The first-order valence-electron chi connectivity index (χ1n) is 15.7. The lowest BCUT2D eigenvalue weighted by Crippen LogP contribution is -2.40. The molecule has 1 saturated heterocycles. The van der Waals surface area contributed by atoms with Gasteiger partial charge in [0.1, 0.15) is 0 Å². The molecule has 0 spiro atoms. The molecule has 1 amide bonds. The molecule has 3 aromatic rings. The van der Waals surface area contributed by atoms with Gasteiger partial charge in [-0.3, -0.25) is 9.78 Å². The molecular weight excluding hydrogens is 595 g/mol. The van der Waals surface area contributed by atoms with Crippen LogP contribution in [-0.4, -0.2) is 47.8 Å². The van der Waals surface area contributed by atoms with Crippen molar-refractivity contribution in [2.45, 2.75) is 91.8 Å².